The minimum absolute atomic E-state index is 0.0405. The molecule has 0 bridgehead atoms. The second kappa shape index (κ2) is 10.8. The molecule has 1 unspecified atom stereocenters. The van der Waals surface area contributed by atoms with Crippen molar-refractivity contribution in [2.45, 2.75) is 57.1 Å². The van der Waals surface area contributed by atoms with Crippen molar-refractivity contribution < 1.29 is 19.4 Å². The summed E-state index contributed by atoms with van der Waals surface area (Å²) in [7, 11) is 1.75. The third kappa shape index (κ3) is 7.44. The number of ether oxygens (including phenoxy) is 1. The van der Waals surface area contributed by atoms with Crippen LogP contribution in [0.3, 0.4) is 0 Å². The Morgan fingerprint density at radius 2 is 1.88 bits per heavy atom. The Morgan fingerprint density at radius 3 is 2.50 bits per heavy atom. The predicted octanol–water partition coefficient (Wildman–Crippen LogP) is 2.97. The summed E-state index contributed by atoms with van der Waals surface area (Å²) in [5, 5.41) is 14.8. The van der Waals surface area contributed by atoms with Gasteiger partial charge in [0.05, 0.1) is 6.10 Å². The lowest BCUT2D eigenvalue weighted by atomic mass is 9.87. The minimum atomic E-state index is -0.847. The molecule has 1 saturated carbocycles. The number of rotatable bonds is 9. The second-order valence-electron chi connectivity index (χ2n) is 7.05. The zero-order chi connectivity index (χ0) is 18.8. The van der Waals surface area contributed by atoms with Gasteiger partial charge in [-0.2, -0.15) is 0 Å². The van der Waals surface area contributed by atoms with Gasteiger partial charge in [-0.25, -0.2) is 4.79 Å². The minimum Gasteiger partial charge on any atom is -0.481 e. The van der Waals surface area contributed by atoms with Gasteiger partial charge in [-0.15, -0.1) is 0 Å². The van der Waals surface area contributed by atoms with Crippen molar-refractivity contribution in [3.63, 3.8) is 0 Å². The van der Waals surface area contributed by atoms with Crippen LogP contribution in [0.2, 0.25) is 0 Å². The summed E-state index contributed by atoms with van der Waals surface area (Å²) in [6, 6.07) is 9.39. The number of carbonyl (C=O) groups excluding carboxylic acids is 1. The molecule has 1 aliphatic rings. The van der Waals surface area contributed by atoms with Crippen LogP contribution in [0.15, 0.2) is 30.3 Å². The van der Waals surface area contributed by atoms with E-state index in [1.807, 2.05) is 30.3 Å². The monoisotopic (exact) mass is 362 g/mol. The van der Waals surface area contributed by atoms with Crippen LogP contribution in [-0.2, 0) is 16.0 Å². The standard InChI is InChI=1S/C20H30N2O4/c1-26-18-10-7-16(8-11-18)14-21-20(25)22-17(9-12-19(23)24)13-15-5-3-2-4-6-15/h2-6,16-18H,7-14H2,1H3,(H,23,24)(H2,21,22,25). The first kappa shape index (κ1) is 20.2. The molecule has 1 aromatic rings. The van der Waals surface area contributed by atoms with E-state index in [1.54, 1.807) is 7.11 Å². The van der Waals surface area contributed by atoms with E-state index in [1.165, 1.54) is 0 Å². The lowest BCUT2D eigenvalue weighted by molar-refractivity contribution is -0.137. The van der Waals surface area contributed by atoms with Gasteiger partial charge >= 0.3 is 12.0 Å². The molecule has 1 aliphatic carbocycles. The van der Waals surface area contributed by atoms with Gasteiger partial charge in [0, 0.05) is 26.1 Å². The molecule has 1 fully saturated rings. The number of nitrogens with one attached hydrogen (secondary N) is 2. The molecule has 144 valence electrons. The van der Waals surface area contributed by atoms with Gasteiger partial charge in [0.1, 0.15) is 0 Å². The van der Waals surface area contributed by atoms with Gasteiger partial charge < -0.3 is 20.5 Å². The van der Waals surface area contributed by atoms with Gasteiger partial charge in [0.15, 0.2) is 0 Å². The number of benzene rings is 1. The Balaban J connectivity index is 1.78. The van der Waals surface area contributed by atoms with E-state index >= 15 is 0 Å². The summed E-state index contributed by atoms with van der Waals surface area (Å²) in [5.74, 6) is -0.362. The number of carboxylic acid groups (broad SMARTS) is 1. The maximum atomic E-state index is 12.3. The van der Waals surface area contributed by atoms with E-state index in [9.17, 15) is 9.59 Å². The number of methoxy groups -OCH3 is 1. The van der Waals surface area contributed by atoms with Crippen molar-refractivity contribution in [2.24, 2.45) is 5.92 Å². The first-order valence-corrected chi connectivity index (χ1v) is 9.39. The average Bonchev–Trinajstić information content (AvgIpc) is 2.65. The lowest BCUT2D eigenvalue weighted by Crippen LogP contribution is -2.45. The first-order chi connectivity index (χ1) is 12.6. The molecule has 1 atom stereocenters. The van der Waals surface area contributed by atoms with Crippen LogP contribution < -0.4 is 10.6 Å². The van der Waals surface area contributed by atoms with Crippen LogP contribution in [0.1, 0.15) is 44.1 Å². The molecule has 0 aliphatic heterocycles. The number of hydrogen-bond donors (Lipinski definition) is 3. The lowest BCUT2D eigenvalue weighted by Gasteiger charge is -2.28. The maximum absolute atomic E-state index is 12.3. The Labute approximate surface area is 155 Å². The summed E-state index contributed by atoms with van der Waals surface area (Å²) in [6.45, 7) is 0.652. The van der Waals surface area contributed by atoms with E-state index < -0.39 is 5.97 Å². The van der Waals surface area contributed by atoms with Crippen LogP contribution >= 0.6 is 0 Å². The largest absolute Gasteiger partial charge is 0.481 e. The topological polar surface area (TPSA) is 87.7 Å². The van der Waals surface area contributed by atoms with Crippen molar-refractivity contribution in [1.29, 1.82) is 0 Å². The zero-order valence-corrected chi connectivity index (χ0v) is 15.4. The van der Waals surface area contributed by atoms with E-state index in [-0.39, 0.29) is 18.5 Å². The third-order valence-electron chi connectivity index (χ3n) is 5.05. The summed E-state index contributed by atoms with van der Waals surface area (Å²) in [5.41, 5.74) is 1.08. The summed E-state index contributed by atoms with van der Waals surface area (Å²) in [4.78, 5) is 23.1. The molecule has 0 aromatic heterocycles. The maximum Gasteiger partial charge on any atom is 0.315 e. The van der Waals surface area contributed by atoms with Gasteiger partial charge in [0.2, 0.25) is 0 Å². The SMILES string of the molecule is COC1CCC(CNC(=O)NC(CCC(=O)O)Cc2ccccc2)CC1. The molecule has 0 saturated heterocycles. The van der Waals surface area contributed by atoms with Gasteiger partial charge in [0.25, 0.3) is 0 Å². The molecule has 6 heteroatoms. The van der Waals surface area contributed by atoms with Gasteiger partial charge in [-0.1, -0.05) is 30.3 Å². The molecule has 2 rings (SSSR count). The number of aliphatic carboxylic acids is 1. The van der Waals surface area contributed by atoms with Crippen LogP contribution in [0.4, 0.5) is 4.79 Å². The first-order valence-electron chi connectivity index (χ1n) is 9.39. The van der Waals surface area contributed by atoms with Crippen LogP contribution in [0, 0.1) is 5.92 Å². The molecule has 0 heterocycles. The molecule has 0 spiro atoms. The number of urea groups is 1. The molecular weight excluding hydrogens is 332 g/mol. The fraction of sp³-hybridized carbons (Fsp3) is 0.600. The Hall–Kier alpha value is -2.08. The normalized spacial score (nSPS) is 21.0. The van der Waals surface area contributed by atoms with Crippen LogP contribution in [-0.4, -0.2) is 42.9 Å². The highest BCUT2D eigenvalue weighted by Gasteiger charge is 2.21. The fourth-order valence-electron chi connectivity index (χ4n) is 3.47. The summed E-state index contributed by atoms with van der Waals surface area (Å²) >= 11 is 0. The summed E-state index contributed by atoms with van der Waals surface area (Å²) < 4.78 is 5.37. The molecule has 6 nitrogen and oxygen atoms in total. The van der Waals surface area contributed by atoms with E-state index in [0.29, 0.717) is 31.4 Å². The smallest absolute Gasteiger partial charge is 0.315 e. The molecular formula is C20H30N2O4. The highest BCUT2D eigenvalue weighted by atomic mass is 16.5. The number of amides is 2. The average molecular weight is 362 g/mol. The number of hydrogen-bond acceptors (Lipinski definition) is 3. The quantitative estimate of drug-likeness (QED) is 0.630. The third-order valence-corrected chi connectivity index (χ3v) is 5.05. The molecule has 0 radical (unpaired) electrons. The van der Waals surface area contributed by atoms with Crippen LogP contribution in [0.25, 0.3) is 0 Å². The van der Waals surface area contributed by atoms with Gasteiger partial charge in [-0.05, 0) is 50.0 Å². The van der Waals surface area contributed by atoms with E-state index in [2.05, 4.69) is 10.6 Å². The van der Waals surface area contributed by atoms with Crippen molar-refractivity contribution in [1.82, 2.24) is 10.6 Å². The van der Waals surface area contributed by atoms with E-state index in [0.717, 1.165) is 31.2 Å². The number of carbonyl (C=O) groups is 2. The predicted molar refractivity (Wildman–Crippen MR) is 100 cm³/mol. The van der Waals surface area contributed by atoms with Crippen LogP contribution in [0.5, 0.6) is 0 Å². The summed E-state index contributed by atoms with van der Waals surface area (Å²) in [6.07, 6.45) is 5.64. The Kier molecular flexibility index (Phi) is 8.41. The molecule has 3 N–H and O–H groups in total. The van der Waals surface area contributed by atoms with E-state index in [4.69, 9.17) is 9.84 Å². The van der Waals surface area contributed by atoms with Crippen molar-refractivity contribution in [3.05, 3.63) is 35.9 Å². The number of carboxylic acids is 1. The second-order valence-corrected chi connectivity index (χ2v) is 7.05. The van der Waals surface area contributed by atoms with Crippen molar-refractivity contribution in [3.8, 4) is 0 Å². The van der Waals surface area contributed by atoms with Crippen molar-refractivity contribution >= 4 is 12.0 Å². The zero-order valence-electron chi connectivity index (χ0n) is 15.4. The molecule has 2 amide bonds. The van der Waals surface area contributed by atoms with Gasteiger partial charge in [-0.3, -0.25) is 4.79 Å². The Morgan fingerprint density at radius 1 is 1.19 bits per heavy atom. The van der Waals surface area contributed by atoms with Crippen molar-refractivity contribution in [2.75, 3.05) is 13.7 Å². The highest BCUT2D eigenvalue weighted by molar-refractivity contribution is 5.74. The molecule has 1 aromatic carbocycles. The Bertz CT molecular complexity index is 556. The highest BCUT2D eigenvalue weighted by Crippen LogP contribution is 2.25. The fourth-order valence-corrected chi connectivity index (χ4v) is 3.47. The molecule has 26 heavy (non-hydrogen) atoms.